The van der Waals surface area contributed by atoms with Gasteiger partial charge in [0, 0.05) is 25.3 Å². The highest BCUT2D eigenvalue weighted by Crippen LogP contribution is 2.26. The van der Waals surface area contributed by atoms with E-state index in [1.54, 1.807) is 40.9 Å². The van der Waals surface area contributed by atoms with Crippen LogP contribution in [0, 0.1) is 0 Å². The van der Waals surface area contributed by atoms with E-state index in [1.165, 1.54) is 0 Å². The van der Waals surface area contributed by atoms with Gasteiger partial charge in [0.05, 0.1) is 17.2 Å². The number of rotatable bonds is 5. The fourth-order valence-electron chi connectivity index (χ4n) is 3.50. The summed E-state index contributed by atoms with van der Waals surface area (Å²) in [5.41, 5.74) is 1.90. The molecule has 3 amide bonds. The normalized spacial score (nSPS) is 18.4. The number of nitrogens with zero attached hydrogens (tertiary/aromatic N) is 3. The third-order valence-corrected chi connectivity index (χ3v) is 6.06. The second-order valence-electron chi connectivity index (χ2n) is 6.95. The Bertz CT molecular complexity index is 955. The molecular weight excluding hydrogens is 386 g/mol. The summed E-state index contributed by atoms with van der Waals surface area (Å²) in [5.74, 6) is 0.00572. The van der Waals surface area contributed by atoms with E-state index in [9.17, 15) is 14.4 Å². The minimum atomic E-state index is -0.333. The minimum absolute atomic E-state index is 0.0525. The lowest BCUT2D eigenvalue weighted by Crippen LogP contribution is -2.37. The van der Waals surface area contributed by atoms with Crippen molar-refractivity contribution in [1.29, 1.82) is 0 Å². The van der Waals surface area contributed by atoms with Gasteiger partial charge in [-0.25, -0.2) is 0 Å². The molecule has 4 rings (SSSR count). The lowest BCUT2D eigenvalue weighted by Gasteiger charge is -2.19. The van der Waals surface area contributed by atoms with Crippen LogP contribution in [0.1, 0.15) is 45.7 Å². The third-order valence-electron chi connectivity index (χ3n) is 5.09. The molecule has 0 radical (unpaired) electrons. The largest absolute Gasteiger partial charge is 0.291 e. The number of carbonyl (C=O) groups excluding carboxylic acids is 3. The molecule has 0 N–H and O–H groups in total. The first kappa shape index (κ1) is 19.4. The van der Waals surface area contributed by atoms with Crippen LogP contribution in [0.4, 0.5) is 0 Å². The first-order chi connectivity index (χ1) is 14.1. The van der Waals surface area contributed by atoms with Gasteiger partial charge in [0.1, 0.15) is 0 Å². The van der Waals surface area contributed by atoms with Gasteiger partial charge in [0.15, 0.2) is 5.17 Å². The van der Waals surface area contributed by atoms with Gasteiger partial charge in [-0.15, -0.1) is 0 Å². The molecule has 2 aromatic rings. The van der Waals surface area contributed by atoms with Gasteiger partial charge in [0.2, 0.25) is 5.91 Å². The average molecular weight is 407 g/mol. The van der Waals surface area contributed by atoms with Crippen molar-refractivity contribution in [3.05, 3.63) is 71.3 Å². The highest BCUT2D eigenvalue weighted by atomic mass is 32.2. The van der Waals surface area contributed by atoms with E-state index in [0.717, 1.165) is 16.2 Å². The Kier molecular flexibility index (Phi) is 5.49. The van der Waals surface area contributed by atoms with Crippen LogP contribution in [0.5, 0.6) is 0 Å². The molecule has 0 spiro atoms. The Morgan fingerprint density at radius 1 is 1.03 bits per heavy atom. The topological polar surface area (TPSA) is 70.1 Å². The highest BCUT2D eigenvalue weighted by Gasteiger charge is 2.36. The Hall–Kier alpha value is -2.93. The summed E-state index contributed by atoms with van der Waals surface area (Å²) in [5, 5.41) is 0.703. The molecule has 1 saturated heterocycles. The molecule has 2 aliphatic rings. The maximum absolute atomic E-state index is 12.8. The Labute approximate surface area is 173 Å². The van der Waals surface area contributed by atoms with Crippen molar-refractivity contribution >= 4 is 34.7 Å². The quantitative estimate of drug-likeness (QED) is 0.713. The Balaban J connectivity index is 1.41. The molecule has 2 aromatic carbocycles. The molecule has 0 unspecified atom stereocenters. The molecule has 1 fully saturated rings. The zero-order valence-electron chi connectivity index (χ0n) is 16.1. The molecule has 2 heterocycles. The fourth-order valence-corrected chi connectivity index (χ4v) is 4.53. The first-order valence-corrected chi connectivity index (χ1v) is 10.6. The van der Waals surface area contributed by atoms with E-state index in [1.807, 2.05) is 37.3 Å². The third kappa shape index (κ3) is 3.82. The van der Waals surface area contributed by atoms with E-state index < -0.39 is 0 Å². The van der Waals surface area contributed by atoms with Crippen molar-refractivity contribution in [3.8, 4) is 0 Å². The van der Waals surface area contributed by atoms with Crippen LogP contribution < -0.4 is 0 Å². The van der Waals surface area contributed by atoms with Gasteiger partial charge in [-0.05, 0) is 24.6 Å². The number of fused-ring (bicyclic) bond motifs is 1. The second kappa shape index (κ2) is 8.21. The summed E-state index contributed by atoms with van der Waals surface area (Å²) in [7, 11) is 0. The zero-order chi connectivity index (χ0) is 20.4. The van der Waals surface area contributed by atoms with Gasteiger partial charge in [-0.1, -0.05) is 54.2 Å². The van der Waals surface area contributed by atoms with Crippen molar-refractivity contribution in [2.45, 2.75) is 19.4 Å². The molecule has 1 atom stereocenters. The predicted octanol–water partition coefficient (Wildman–Crippen LogP) is 3.37. The number of carbonyl (C=O) groups is 3. The fraction of sp³-hybridized carbons (Fsp3) is 0.273. The van der Waals surface area contributed by atoms with Crippen LogP contribution in [0.15, 0.2) is 59.6 Å². The maximum atomic E-state index is 12.8. The number of hydrogen-bond donors (Lipinski definition) is 0. The minimum Gasteiger partial charge on any atom is -0.291 e. The Morgan fingerprint density at radius 3 is 2.31 bits per heavy atom. The molecule has 0 saturated carbocycles. The van der Waals surface area contributed by atoms with Gasteiger partial charge < -0.3 is 0 Å². The molecular formula is C22H21N3O3S. The van der Waals surface area contributed by atoms with Gasteiger partial charge >= 0.3 is 0 Å². The standard InChI is InChI=1S/C22H21N3O3S/c1-15(16-7-3-2-4-8-16)23-22-24(13-14-29-22)19(26)11-12-25-20(27)17-9-5-6-10-18(17)21(25)28/h2-10,15H,11-14H2,1H3/t15-/m0/s1. The molecule has 0 aromatic heterocycles. The summed E-state index contributed by atoms with van der Waals surface area (Å²) in [6, 6.07) is 16.6. The number of hydrogen-bond acceptors (Lipinski definition) is 5. The SMILES string of the molecule is C[C@H](N=C1SCCN1C(=O)CCN1C(=O)c2ccccc2C1=O)c1ccccc1. The zero-order valence-corrected chi connectivity index (χ0v) is 16.9. The summed E-state index contributed by atoms with van der Waals surface area (Å²) < 4.78 is 0. The summed E-state index contributed by atoms with van der Waals surface area (Å²) in [4.78, 5) is 45.3. The number of amidine groups is 1. The van der Waals surface area contributed by atoms with Crippen LogP contribution >= 0.6 is 11.8 Å². The van der Waals surface area contributed by atoms with Gasteiger partial charge in [0.25, 0.3) is 11.8 Å². The lowest BCUT2D eigenvalue weighted by molar-refractivity contribution is -0.127. The van der Waals surface area contributed by atoms with Crippen molar-refractivity contribution in [1.82, 2.24) is 9.80 Å². The van der Waals surface area contributed by atoms with E-state index in [2.05, 4.69) is 0 Å². The smallest absolute Gasteiger partial charge is 0.261 e. The van der Waals surface area contributed by atoms with Crippen LogP contribution in [0.2, 0.25) is 0 Å². The highest BCUT2D eigenvalue weighted by molar-refractivity contribution is 8.14. The molecule has 6 nitrogen and oxygen atoms in total. The average Bonchev–Trinajstić information content (AvgIpc) is 3.30. The lowest BCUT2D eigenvalue weighted by atomic mass is 10.1. The van der Waals surface area contributed by atoms with Crippen LogP contribution in [-0.2, 0) is 4.79 Å². The number of aliphatic imine (C=N–C) groups is 1. The summed E-state index contributed by atoms with van der Waals surface area (Å²) in [6.07, 6.45) is 0.0881. The second-order valence-corrected chi connectivity index (χ2v) is 8.01. The number of imide groups is 1. The summed E-state index contributed by atoms with van der Waals surface area (Å²) in [6.45, 7) is 2.67. The van der Waals surface area contributed by atoms with Crippen LogP contribution in [-0.4, -0.2) is 51.5 Å². The van der Waals surface area contributed by atoms with Gasteiger partial charge in [-0.2, -0.15) is 0 Å². The van der Waals surface area contributed by atoms with E-state index in [4.69, 9.17) is 4.99 Å². The van der Waals surface area contributed by atoms with E-state index in [0.29, 0.717) is 22.8 Å². The number of benzene rings is 2. The Morgan fingerprint density at radius 2 is 1.66 bits per heavy atom. The molecule has 2 aliphatic heterocycles. The van der Waals surface area contributed by atoms with Crippen molar-refractivity contribution in [2.75, 3.05) is 18.8 Å². The molecule has 0 bridgehead atoms. The van der Waals surface area contributed by atoms with Crippen LogP contribution in [0.3, 0.4) is 0 Å². The summed E-state index contributed by atoms with van der Waals surface area (Å²) >= 11 is 1.56. The van der Waals surface area contributed by atoms with E-state index >= 15 is 0 Å². The number of thioether (sulfide) groups is 1. The monoisotopic (exact) mass is 407 g/mol. The van der Waals surface area contributed by atoms with Crippen molar-refractivity contribution in [3.63, 3.8) is 0 Å². The molecule has 148 valence electrons. The number of amides is 3. The molecule has 7 heteroatoms. The molecule has 29 heavy (non-hydrogen) atoms. The molecule has 0 aliphatic carbocycles. The van der Waals surface area contributed by atoms with Crippen LogP contribution in [0.25, 0.3) is 0 Å². The van der Waals surface area contributed by atoms with E-state index in [-0.39, 0.29) is 36.7 Å². The van der Waals surface area contributed by atoms with Gasteiger partial charge in [-0.3, -0.25) is 29.2 Å². The predicted molar refractivity (Wildman–Crippen MR) is 113 cm³/mol. The maximum Gasteiger partial charge on any atom is 0.261 e. The van der Waals surface area contributed by atoms with Crippen molar-refractivity contribution < 1.29 is 14.4 Å². The first-order valence-electron chi connectivity index (χ1n) is 9.57. The van der Waals surface area contributed by atoms with Crippen molar-refractivity contribution in [2.24, 2.45) is 4.99 Å².